The topological polar surface area (TPSA) is 68.4 Å². The van der Waals surface area contributed by atoms with Crippen molar-refractivity contribution in [3.05, 3.63) is 60.0 Å². The Labute approximate surface area is 120 Å². The maximum Gasteiger partial charge on any atom is 0.227 e. The molecule has 21 heavy (non-hydrogen) atoms. The number of nitrogens with two attached hydrogens (primary N) is 1. The van der Waals surface area contributed by atoms with Crippen LogP contribution in [0.5, 0.6) is 17.4 Å². The van der Waals surface area contributed by atoms with Crippen LogP contribution in [-0.4, -0.2) is 10.1 Å². The fourth-order valence-corrected chi connectivity index (χ4v) is 2.08. The number of fused-ring (bicyclic) bond motifs is 1. The van der Waals surface area contributed by atoms with Crippen molar-refractivity contribution in [1.29, 1.82) is 0 Å². The Bertz CT molecular complexity index is 805. The van der Waals surface area contributed by atoms with Crippen LogP contribution in [0.1, 0.15) is 5.56 Å². The zero-order chi connectivity index (χ0) is 14.8. The van der Waals surface area contributed by atoms with Crippen molar-refractivity contribution >= 4 is 10.8 Å². The van der Waals surface area contributed by atoms with Crippen LogP contribution in [0.15, 0.2) is 48.7 Å². The minimum absolute atomic E-state index is 0.116. The molecular weight excluding hydrogens is 271 g/mol. The molecular formula is C16H13FN2O2. The number of rotatable bonds is 3. The predicted molar refractivity (Wildman–Crippen MR) is 77.8 cm³/mol. The molecule has 0 amide bonds. The molecule has 0 saturated carbocycles. The summed E-state index contributed by atoms with van der Waals surface area (Å²) in [4.78, 5) is 4.14. The van der Waals surface area contributed by atoms with E-state index in [-0.39, 0.29) is 12.3 Å². The Balaban J connectivity index is 2.01. The molecule has 5 heteroatoms. The number of nitrogens with zero attached hydrogens (tertiary/aromatic N) is 1. The number of phenols is 1. The van der Waals surface area contributed by atoms with Gasteiger partial charge in [0.2, 0.25) is 5.88 Å². The molecule has 0 radical (unpaired) electrons. The van der Waals surface area contributed by atoms with Crippen molar-refractivity contribution in [1.82, 2.24) is 4.98 Å². The minimum Gasteiger partial charge on any atom is -0.508 e. The lowest BCUT2D eigenvalue weighted by molar-refractivity contribution is 0.460. The lowest BCUT2D eigenvalue weighted by Crippen LogP contribution is -1.99. The van der Waals surface area contributed by atoms with E-state index in [2.05, 4.69) is 4.98 Å². The number of aromatic nitrogens is 1. The summed E-state index contributed by atoms with van der Waals surface area (Å²) in [5, 5.41) is 11.1. The number of aromatic hydroxyl groups is 1. The molecule has 0 saturated heterocycles. The highest BCUT2D eigenvalue weighted by Gasteiger charge is 2.08. The van der Waals surface area contributed by atoms with Crippen molar-refractivity contribution in [2.45, 2.75) is 6.54 Å². The normalized spacial score (nSPS) is 10.8. The third kappa shape index (κ3) is 2.64. The van der Waals surface area contributed by atoms with E-state index in [4.69, 9.17) is 10.5 Å². The number of pyridine rings is 1. The van der Waals surface area contributed by atoms with E-state index in [1.54, 1.807) is 42.6 Å². The van der Waals surface area contributed by atoms with Gasteiger partial charge in [0.15, 0.2) is 0 Å². The van der Waals surface area contributed by atoms with Gasteiger partial charge in [-0.25, -0.2) is 9.37 Å². The van der Waals surface area contributed by atoms with E-state index >= 15 is 0 Å². The Kier molecular flexibility index (Phi) is 3.41. The zero-order valence-electron chi connectivity index (χ0n) is 11.1. The van der Waals surface area contributed by atoms with Crippen LogP contribution in [-0.2, 0) is 6.54 Å². The van der Waals surface area contributed by atoms with Crippen LogP contribution in [0.4, 0.5) is 4.39 Å². The fraction of sp³-hybridized carbons (Fsp3) is 0.0625. The summed E-state index contributed by atoms with van der Waals surface area (Å²) in [6, 6.07) is 11.2. The Hall–Kier alpha value is -2.66. The van der Waals surface area contributed by atoms with E-state index in [1.165, 1.54) is 6.07 Å². The lowest BCUT2D eigenvalue weighted by atomic mass is 10.1. The van der Waals surface area contributed by atoms with Gasteiger partial charge in [0.05, 0.1) is 0 Å². The van der Waals surface area contributed by atoms with Crippen LogP contribution in [0.3, 0.4) is 0 Å². The quantitative estimate of drug-likeness (QED) is 0.774. The van der Waals surface area contributed by atoms with E-state index in [1.807, 2.05) is 0 Å². The summed E-state index contributed by atoms with van der Waals surface area (Å²) in [7, 11) is 0. The van der Waals surface area contributed by atoms with Gasteiger partial charge >= 0.3 is 0 Å². The monoisotopic (exact) mass is 284 g/mol. The average molecular weight is 284 g/mol. The first-order chi connectivity index (χ1) is 10.2. The number of halogens is 1. The first kappa shape index (κ1) is 13.3. The molecule has 2 aromatic carbocycles. The number of benzene rings is 2. The number of hydrogen-bond acceptors (Lipinski definition) is 4. The van der Waals surface area contributed by atoms with Crippen LogP contribution < -0.4 is 10.5 Å². The molecule has 3 rings (SSSR count). The van der Waals surface area contributed by atoms with Crippen molar-refractivity contribution in [3.8, 4) is 17.4 Å². The average Bonchev–Trinajstić information content (AvgIpc) is 2.48. The van der Waals surface area contributed by atoms with E-state index in [0.717, 1.165) is 5.39 Å². The summed E-state index contributed by atoms with van der Waals surface area (Å²) in [6.07, 6.45) is 1.60. The molecule has 106 valence electrons. The van der Waals surface area contributed by atoms with Gasteiger partial charge in [-0.1, -0.05) is 12.1 Å². The van der Waals surface area contributed by atoms with Crippen molar-refractivity contribution in [2.24, 2.45) is 5.73 Å². The van der Waals surface area contributed by atoms with Crippen molar-refractivity contribution in [3.63, 3.8) is 0 Å². The Morgan fingerprint density at radius 1 is 1.14 bits per heavy atom. The van der Waals surface area contributed by atoms with Gasteiger partial charge < -0.3 is 15.6 Å². The fourth-order valence-electron chi connectivity index (χ4n) is 2.08. The van der Waals surface area contributed by atoms with Crippen molar-refractivity contribution in [2.75, 3.05) is 0 Å². The maximum absolute atomic E-state index is 13.7. The molecule has 0 aliphatic rings. The molecule has 0 aliphatic heterocycles. The zero-order valence-corrected chi connectivity index (χ0v) is 11.1. The predicted octanol–water partition coefficient (Wildman–Crippen LogP) is 3.33. The van der Waals surface area contributed by atoms with E-state index < -0.39 is 5.82 Å². The molecule has 0 spiro atoms. The van der Waals surface area contributed by atoms with Gasteiger partial charge in [-0.2, -0.15) is 0 Å². The molecule has 3 aromatic rings. The third-order valence-corrected chi connectivity index (χ3v) is 3.17. The molecule has 1 aromatic heterocycles. The SMILES string of the molecule is NCc1ccc(Oc2nccc3ccc(O)cc23)cc1F. The van der Waals surface area contributed by atoms with Crippen LogP contribution in [0.25, 0.3) is 10.8 Å². The molecule has 3 N–H and O–H groups in total. The smallest absolute Gasteiger partial charge is 0.227 e. The summed E-state index contributed by atoms with van der Waals surface area (Å²) in [5.74, 6) is 0.333. The number of hydrogen-bond donors (Lipinski definition) is 2. The van der Waals surface area contributed by atoms with Gasteiger partial charge in [-0.05, 0) is 29.7 Å². The lowest BCUT2D eigenvalue weighted by Gasteiger charge is -2.09. The van der Waals surface area contributed by atoms with Crippen molar-refractivity contribution < 1.29 is 14.2 Å². The van der Waals surface area contributed by atoms with Gasteiger partial charge in [0.25, 0.3) is 0 Å². The van der Waals surface area contributed by atoms with Gasteiger partial charge in [-0.3, -0.25) is 0 Å². The molecule has 4 nitrogen and oxygen atoms in total. The van der Waals surface area contributed by atoms with Crippen LogP contribution in [0, 0.1) is 5.82 Å². The molecule has 0 aliphatic carbocycles. The first-order valence-corrected chi connectivity index (χ1v) is 6.41. The highest BCUT2D eigenvalue weighted by molar-refractivity contribution is 5.88. The highest BCUT2D eigenvalue weighted by atomic mass is 19.1. The van der Waals surface area contributed by atoms with Gasteiger partial charge in [-0.15, -0.1) is 0 Å². The van der Waals surface area contributed by atoms with Gasteiger partial charge in [0, 0.05) is 29.8 Å². The summed E-state index contributed by atoms with van der Waals surface area (Å²) in [5.41, 5.74) is 5.85. The molecule has 1 heterocycles. The maximum atomic E-state index is 13.7. The molecule has 0 atom stereocenters. The summed E-state index contributed by atoms with van der Waals surface area (Å²) < 4.78 is 19.3. The largest absolute Gasteiger partial charge is 0.508 e. The number of ether oxygens (including phenoxy) is 1. The Morgan fingerprint density at radius 3 is 2.76 bits per heavy atom. The molecule has 0 bridgehead atoms. The molecule has 0 unspecified atom stereocenters. The summed E-state index contributed by atoms with van der Waals surface area (Å²) >= 11 is 0. The standard InChI is InChI=1S/C16H13FN2O2/c17-15-8-13(4-2-11(15)9-18)21-16-14-7-12(20)3-1-10(14)5-6-19-16/h1-8,20H,9,18H2. The number of phenolic OH excluding ortho intramolecular Hbond substituents is 1. The van der Waals surface area contributed by atoms with Gasteiger partial charge in [0.1, 0.15) is 17.3 Å². The minimum atomic E-state index is -0.418. The second-order valence-corrected chi connectivity index (χ2v) is 4.58. The second kappa shape index (κ2) is 5.38. The first-order valence-electron chi connectivity index (χ1n) is 6.41. The van der Waals surface area contributed by atoms with E-state index in [0.29, 0.717) is 22.6 Å². The highest BCUT2D eigenvalue weighted by Crippen LogP contribution is 2.30. The second-order valence-electron chi connectivity index (χ2n) is 4.58. The Morgan fingerprint density at radius 2 is 2.00 bits per heavy atom. The van der Waals surface area contributed by atoms with E-state index in [9.17, 15) is 9.50 Å². The molecule has 0 fully saturated rings. The van der Waals surface area contributed by atoms with Crippen LogP contribution >= 0.6 is 0 Å². The third-order valence-electron chi connectivity index (χ3n) is 3.17. The van der Waals surface area contributed by atoms with Crippen LogP contribution in [0.2, 0.25) is 0 Å². The summed E-state index contributed by atoms with van der Waals surface area (Å²) in [6.45, 7) is 0.131.